The highest BCUT2D eigenvalue weighted by Gasteiger charge is 2.43. The number of esters is 1. The number of methoxy groups -OCH3 is 2. The lowest BCUT2D eigenvalue weighted by Gasteiger charge is -2.36. The minimum Gasteiger partial charge on any atom is -0.493 e. The summed E-state index contributed by atoms with van der Waals surface area (Å²) in [4.78, 5) is 51.8. The number of aromatic nitrogens is 2. The number of hydrogen-bond donors (Lipinski definition) is 1. The Balaban J connectivity index is 1.21. The van der Waals surface area contributed by atoms with Gasteiger partial charge < -0.3 is 29.0 Å². The van der Waals surface area contributed by atoms with E-state index in [1.807, 2.05) is 48.2 Å². The number of nitrogens with zero attached hydrogens (tertiary/aromatic N) is 3. The summed E-state index contributed by atoms with van der Waals surface area (Å²) in [5.74, 6) is 0.618. The molecule has 0 aliphatic carbocycles. The fourth-order valence-corrected chi connectivity index (χ4v) is 7.77. The average molecular weight is 722 g/mol. The van der Waals surface area contributed by atoms with Gasteiger partial charge in [-0.15, -0.1) is 0 Å². The number of benzene rings is 3. The van der Waals surface area contributed by atoms with E-state index in [9.17, 15) is 14.4 Å². The molecule has 2 fully saturated rings. The molecule has 6 rings (SSSR count). The quantitative estimate of drug-likeness (QED) is 0.0988. The summed E-state index contributed by atoms with van der Waals surface area (Å²) in [5.41, 5.74) is 3.10. The third-order valence-corrected chi connectivity index (χ3v) is 10.9. The van der Waals surface area contributed by atoms with Gasteiger partial charge in [0.25, 0.3) is 5.91 Å². The molecule has 2 aliphatic rings. The number of hydrogen-bond acceptors (Lipinski definition) is 8. The number of H-pyrrole nitrogens is 1. The van der Waals surface area contributed by atoms with Gasteiger partial charge in [0.15, 0.2) is 23.1 Å². The van der Waals surface area contributed by atoms with Crippen molar-refractivity contribution in [2.45, 2.75) is 51.4 Å². The molecule has 3 aromatic carbocycles. The van der Waals surface area contributed by atoms with E-state index in [-0.39, 0.29) is 28.9 Å². The summed E-state index contributed by atoms with van der Waals surface area (Å²) < 4.78 is 16.9. The van der Waals surface area contributed by atoms with E-state index in [2.05, 4.69) is 14.9 Å². The standard InChI is InChI=1S/C38H42Cl2N4O6/c1-5-26-34(50-23(2)45)27(21-32(48-3)35(26)49-4)37(47)44-19-15-38(22-44,25-10-11-28(39)29(40)20-25)14-18-43-16-12-24(13-17-43)33(46)36-41-30-8-6-7-9-31(30)42-36/h6-11,20-21,24H,5,12-19,22H2,1-4H3,(H,41,42). The second-order valence-corrected chi connectivity index (χ2v) is 13.9. The van der Waals surface area contributed by atoms with Gasteiger partial charge >= 0.3 is 5.97 Å². The lowest BCUT2D eigenvalue weighted by atomic mass is 9.76. The molecular formula is C38H42Cl2N4O6. The summed E-state index contributed by atoms with van der Waals surface area (Å²) in [7, 11) is 3.03. The van der Waals surface area contributed by atoms with Crippen molar-refractivity contribution in [2.75, 3.05) is 46.9 Å². The van der Waals surface area contributed by atoms with Crippen LogP contribution < -0.4 is 14.2 Å². The van der Waals surface area contributed by atoms with E-state index in [1.54, 1.807) is 12.1 Å². The van der Waals surface area contributed by atoms with Gasteiger partial charge in [-0.1, -0.05) is 48.3 Å². The zero-order valence-electron chi connectivity index (χ0n) is 28.8. The maximum atomic E-state index is 14.3. The van der Waals surface area contributed by atoms with Crippen LogP contribution in [0.2, 0.25) is 10.0 Å². The van der Waals surface area contributed by atoms with Crippen LogP contribution in [0.1, 0.15) is 71.6 Å². The zero-order valence-corrected chi connectivity index (χ0v) is 30.3. The molecule has 2 saturated heterocycles. The molecule has 1 N–H and O–H groups in total. The number of aromatic amines is 1. The van der Waals surface area contributed by atoms with Gasteiger partial charge in [-0.2, -0.15) is 0 Å². The molecule has 2 aliphatic heterocycles. The Morgan fingerprint density at radius 3 is 2.40 bits per heavy atom. The summed E-state index contributed by atoms with van der Waals surface area (Å²) in [5, 5.41) is 0.930. The molecular weight excluding hydrogens is 679 g/mol. The fraction of sp³-hybridized carbons (Fsp3) is 0.421. The number of para-hydroxylation sites is 2. The number of carbonyl (C=O) groups excluding carboxylic acids is 3. The largest absolute Gasteiger partial charge is 0.493 e. The van der Waals surface area contributed by atoms with Crippen molar-refractivity contribution in [1.29, 1.82) is 0 Å². The molecule has 4 aromatic rings. The maximum absolute atomic E-state index is 14.3. The van der Waals surface area contributed by atoms with Crippen molar-refractivity contribution in [3.05, 3.63) is 81.1 Å². The number of rotatable bonds is 11. The SMILES string of the molecule is CCc1c(OC)c(OC)cc(C(=O)N2CCC(CCN3CCC(C(=O)c4nc5ccccc5[nH]4)CC3)(c3ccc(Cl)c(Cl)c3)C2)c1OC(C)=O. The van der Waals surface area contributed by atoms with Crippen molar-refractivity contribution < 1.29 is 28.6 Å². The fourth-order valence-electron chi connectivity index (χ4n) is 7.47. The molecule has 1 aromatic heterocycles. The van der Waals surface area contributed by atoms with Gasteiger partial charge in [-0.3, -0.25) is 14.4 Å². The van der Waals surface area contributed by atoms with Crippen molar-refractivity contribution in [2.24, 2.45) is 5.92 Å². The minimum absolute atomic E-state index is 0.0626. The Bertz CT molecular complexity index is 1890. The molecule has 1 unspecified atom stereocenters. The average Bonchev–Trinajstić information content (AvgIpc) is 3.77. The normalized spacial score (nSPS) is 18.4. The monoisotopic (exact) mass is 720 g/mol. The number of ketones is 1. The first kappa shape index (κ1) is 35.7. The number of ether oxygens (including phenoxy) is 3. The molecule has 0 saturated carbocycles. The van der Waals surface area contributed by atoms with Crippen LogP contribution in [0.4, 0.5) is 0 Å². The first-order chi connectivity index (χ1) is 24.1. The smallest absolute Gasteiger partial charge is 0.308 e. The van der Waals surface area contributed by atoms with Gasteiger partial charge in [0.05, 0.1) is 40.9 Å². The van der Waals surface area contributed by atoms with Gasteiger partial charge in [0.1, 0.15) is 0 Å². The number of fused-ring (bicyclic) bond motifs is 1. The number of carbonyl (C=O) groups is 3. The number of Topliss-reactive ketones (excluding diaryl/α,β-unsaturated/α-hetero) is 1. The first-order valence-corrected chi connectivity index (χ1v) is 17.8. The number of nitrogens with one attached hydrogen (secondary N) is 1. The van der Waals surface area contributed by atoms with Gasteiger partial charge in [-0.05, 0) is 81.6 Å². The molecule has 12 heteroatoms. The molecule has 0 spiro atoms. The number of amides is 1. The van der Waals surface area contributed by atoms with E-state index in [1.165, 1.54) is 21.1 Å². The van der Waals surface area contributed by atoms with Crippen LogP contribution in [-0.2, 0) is 16.6 Å². The number of halogens is 2. The van der Waals surface area contributed by atoms with Crippen molar-refractivity contribution in [1.82, 2.24) is 19.8 Å². The summed E-state index contributed by atoms with van der Waals surface area (Å²) in [6, 6.07) is 15.0. The topological polar surface area (TPSA) is 114 Å². The van der Waals surface area contributed by atoms with Crippen LogP contribution in [0.5, 0.6) is 17.2 Å². The number of imidazole rings is 1. The molecule has 10 nitrogen and oxygen atoms in total. The van der Waals surface area contributed by atoms with E-state index >= 15 is 0 Å². The van der Waals surface area contributed by atoms with Crippen molar-refractivity contribution in [3.63, 3.8) is 0 Å². The van der Waals surface area contributed by atoms with E-state index in [0.29, 0.717) is 58.9 Å². The molecule has 3 heterocycles. The lowest BCUT2D eigenvalue weighted by molar-refractivity contribution is -0.131. The summed E-state index contributed by atoms with van der Waals surface area (Å²) in [6.07, 6.45) is 3.42. The lowest BCUT2D eigenvalue weighted by Crippen LogP contribution is -2.41. The predicted molar refractivity (Wildman–Crippen MR) is 193 cm³/mol. The van der Waals surface area contributed by atoms with Crippen molar-refractivity contribution in [3.8, 4) is 17.2 Å². The Morgan fingerprint density at radius 2 is 1.74 bits per heavy atom. The van der Waals surface area contributed by atoms with Crippen LogP contribution in [0.3, 0.4) is 0 Å². The van der Waals surface area contributed by atoms with Crippen molar-refractivity contribution >= 4 is 51.9 Å². The second-order valence-electron chi connectivity index (χ2n) is 13.1. The van der Waals surface area contributed by atoms with E-state index in [0.717, 1.165) is 55.5 Å². The number of likely N-dealkylation sites (tertiary alicyclic amines) is 2. The summed E-state index contributed by atoms with van der Waals surface area (Å²) >= 11 is 12.9. The Hall–Kier alpha value is -4.12. The van der Waals surface area contributed by atoms with E-state index in [4.69, 9.17) is 37.4 Å². The highest BCUT2D eigenvalue weighted by Crippen LogP contribution is 2.44. The molecule has 1 atom stereocenters. The van der Waals surface area contributed by atoms with Crippen LogP contribution in [-0.4, -0.2) is 84.4 Å². The molecule has 50 heavy (non-hydrogen) atoms. The molecule has 264 valence electrons. The second kappa shape index (κ2) is 15.0. The number of piperidine rings is 1. The highest BCUT2D eigenvalue weighted by molar-refractivity contribution is 6.42. The Labute approximate surface area is 302 Å². The van der Waals surface area contributed by atoms with Crippen LogP contribution in [0.15, 0.2) is 48.5 Å². The first-order valence-electron chi connectivity index (χ1n) is 17.0. The van der Waals surface area contributed by atoms with Gasteiger partial charge in [-0.25, -0.2) is 4.98 Å². The highest BCUT2D eigenvalue weighted by atomic mass is 35.5. The Morgan fingerprint density at radius 1 is 0.980 bits per heavy atom. The van der Waals surface area contributed by atoms with Crippen LogP contribution >= 0.6 is 23.2 Å². The predicted octanol–water partition coefficient (Wildman–Crippen LogP) is 7.14. The zero-order chi connectivity index (χ0) is 35.6. The maximum Gasteiger partial charge on any atom is 0.308 e. The van der Waals surface area contributed by atoms with Crippen LogP contribution in [0, 0.1) is 5.92 Å². The van der Waals surface area contributed by atoms with E-state index < -0.39 is 11.4 Å². The molecule has 0 bridgehead atoms. The molecule has 1 amide bonds. The van der Waals surface area contributed by atoms with Crippen LogP contribution in [0.25, 0.3) is 11.0 Å². The summed E-state index contributed by atoms with van der Waals surface area (Å²) in [6.45, 7) is 6.49. The third kappa shape index (κ3) is 7.06. The third-order valence-electron chi connectivity index (χ3n) is 10.2. The molecule has 0 radical (unpaired) electrons. The Kier molecular flexibility index (Phi) is 10.7. The van der Waals surface area contributed by atoms with Gasteiger partial charge in [0, 0.05) is 43.0 Å². The minimum atomic E-state index is -0.532. The van der Waals surface area contributed by atoms with Gasteiger partial charge in [0.2, 0.25) is 5.78 Å².